The van der Waals surface area contributed by atoms with E-state index in [0.717, 1.165) is 11.3 Å². The molecular formula is C16H17ClN2O2. The van der Waals surface area contributed by atoms with Crippen molar-refractivity contribution in [3.05, 3.63) is 52.8 Å². The van der Waals surface area contributed by atoms with Crippen LogP contribution < -0.4 is 10.1 Å². The molecule has 1 aromatic carbocycles. The number of hydrogen-bond acceptors (Lipinski definition) is 3. The molecule has 0 radical (unpaired) electrons. The van der Waals surface area contributed by atoms with Gasteiger partial charge in [-0.15, -0.1) is 0 Å². The summed E-state index contributed by atoms with van der Waals surface area (Å²) < 4.78 is 5.54. The molecule has 0 saturated heterocycles. The first-order valence-electron chi connectivity index (χ1n) is 6.66. The van der Waals surface area contributed by atoms with Crippen molar-refractivity contribution in [2.24, 2.45) is 0 Å². The van der Waals surface area contributed by atoms with E-state index in [-0.39, 0.29) is 12.0 Å². The Morgan fingerprint density at radius 3 is 2.52 bits per heavy atom. The molecule has 2 rings (SSSR count). The Kier molecular flexibility index (Phi) is 4.81. The average Bonchev–Trinajstić information content (AvgIpc) is 2.43. The van der Waals surface area contributed by atoms with Crippen LogP contribution in [0.5, 0.6) is 5.75 Å². The maximum absolute atomic E-state index is 12.1. The zero-order valence-corrected chi connectivity index (χ0v) is 12.9. The number of carbonyl (C=O) groups excluding carboxylic acids is 1. The quantitative estimate of drug-likeness (QED) is 0.866. The van der Waals surface area contributed by atoms with Gasteiger partial charge in [0.2, 0.25) is 0 Å². The van der Waals surface area contributed by atoms with Crippen molar-refractivity contribution in [3.8, 4) is 5.75 Å². The van der Waals surface area contributed by atoms with Gasteiger partial charge in [0.05, 0.1) is 18.0 Å². The molecule has 4 nitrogen and oxygen atoms in total. The molecule has 0 fully saturated rings. The van der Waals surface area contributed by atoms with Crippen molar-refractivity contribution < 1.29 is 9.53 Å². The van der Waals surface area contributed by atoms with Crippen LogP contribution in [0.4, 0.5) is 5.69 Å². The second-order valence-corrected chi connectivity index (χ2v) is 5.33. The topological polar surface area (TPSA) is 51.2 Å². The van der Waals surface area contributed by atoms with Crippen LogP contribution in [0.3, 0.4) is 0 Å². The Bertz CT molecular complexity index is 639. The largest absolute Gasteiger partial charge is 0.491 e. The number of rotatable bonds is 4. The monoisotopic (exact) mass is 304 g/mol. The van der Waals surface area contributed by atoms with E-state index in [1.54, 1.807) is 30.3 Å². The van der Waals surface area contributed by atoms with Gasteiger partial charge >= 0.3 is 0 Å². The Morgan fingerprint density at radius 1 is 1.29 bits per heavy atom. The summed E-state index contributed by atoms with van der Waals surface area (Å²) in [4.78, 5) is 16.1. The highest BCUT2D eigenvalue weighted by Crippen LogP contribution is 2.18. The Labute approximate surface area is 129 Å². The molecule has 0 aliphatic heterocycles. The molecule has 0 aliphatic rings. The highest BCUT2D eigenvalue weighted by Gasteiger charge is 2.08. The summed E-state index contributed by atoms with van der Waals surface area (Å²) in [7, 11) is 0. The zero-order chi connectivity index (χ0) is 15.4. The highest BCUT2D eigenvalue weighted by molar-refractivity contribution is 6.30. The number of carbonyl (C=O) groups is 1. The molecular weight excluding hydrogens is 288 g/mol. The standard InChI is InChI=1S/C16H17ClN2O2/c1-10(2)21-14-6-4-12(5-7-14)16(20)19-13-8-11(3)15(17)18-9-13/h4-10H,1-3H3,(H,19,20). The van der Waals surface area contributed by atoms with Crippen LogP contribution in [-0.2, 0) is 0 Å². The van der Waals surface area contributed by atoms with Gasteiger partial charge < -0.3 is 10.1 Å². The number of nitrogens with zero attached hydrogens (tertiary/aromatic N) is 1. The molecule has 0 bridgehead atoms. The highest BCUT2D eigenvalue weighted by atomic mass is 35.5. The number of amides is 1. The lowest BCUT2D eigenvalue weighted by molar-refractivity contribution is 0.102. The van der Waals surface area contributed by atoms with Crippen LogP contribution in [-0.4, -0.2) is 17.0 Å². The third-order valence-electron chi connectivity index (χ3n) is 2.76. The summed E-state index contributed by atoms with van der Waals surface area (Å²) in [5.41, 5.74) is 1.98. The number of pyridine rings is 1. The first kappa shape index (κ1) is 15.3. The van der Waals surface area contributed by atoms with E-state index in [1.807, 2.05) is 20.8 Å². The van der Waals surface area contributed by atoms with Crippen molar-refractivity contribution in [1.29, 1.82) is 0 Å². The summed E-state index contributed by atoms with van der Waals surface area (Å²) in [5.74, 6) is 0.542. The van der Waals surface area contributed by atoms with Gasteiger partial charge in [-0.05, 0) is 56.7 Å². The minimum absolute atomic E-state index is 0.104. The first-order valence-corrected chi connectivity index (χ1v) is 7.03. The van der Waals surface area contributed by atoms with E-state index in [9.17, 15) is 4.79 Å². The molecule has 0 spiro atoms. The van der Waals surface area contributed by atoms with Gasteiger partial charge in [0.15, 0.2) is 0 Å². The number of nitrogens with one attached hydrogen (secondary N) is 1. The SMILES string of the molecule is Cc1cc(NC(=O)c2ccc(OC(C)C)cc2)cnc1Cl. The lowest BCUT2D eigenvalue weighted by atomic mass is 10.2. The van der Waals surface area contributed by atoms with Gasteiger partial charge in [-0.3, -0.25) is 4.79 Å². The minimum Gasteiger partial charge on any atom is -0.491 e. The molecule has 21 heavy (non-hydrogen) atoms. The molecule has 1 N–H and O–H groups in total. The van der Waals surface area contributed by atoms with E-state index in [4.69, 9.17) is 16.3 Å². The Hall–Kier alpha value is -2.07. The molecule has 110 valence electrons. The molecule has 0 atom stereocenters. The lowest BCUT2D eigenvalue weighted by Crippen LogP contribution is -2.12. The third kappa shape index (κ3) is 4.20. The number of hydrogen-bond donors (Lipinski definition) is 1. The fraction of sp³-hybridized carbons (Fsp3) is 0.250. The van der Waals surface area contributed by atoms with Crippen molar-refractivity contribution in [2.75, 3.05) is 5.32 Å². The van der Waals surface area contributed by atoms with Crippen molar-refractivity contribution in [1.82, 2.24) is 4.98 Å². The van der Waals surface area contributed by atoms with Crippen molar-refractivity contribution in [2.45, 2.75) is 26.9 Å². The van der Waals surface area contributed by atoms with Crippen LogP contribution >= 0.6 is 11.6 Å². The summed E-state index contributed by atoms with van der Waals surface area (Å²) in [6.45, 7) is 5.75. The molecule has 0 unspecified atom stereocenters. The second kappa shape index (κ2) is 6.59. The van der Waals surface area contributed by atoms with Crippen molar-refractivity contribution in [3.63, 3.8) is 0 Å². The summed E-state index contributed by atoms with van der Waals surface area (Å²) in [5, 5.41) is 3.22. The van der Waals surface area contributed by atoms with Gasteiger partial charge in [0.1, 0.15) is 10.9 Å². The molecule has 0 aliphatic carbocycles. The number of halogens is 1. The molecule has 2 aromatic rings. The Morgan fingerprint density at radius 2 is 1.95 bits per heavy atom. The number of anilines is 1. The fourth-order valence-corrected chi connectivity index (χ4v) is 1.89. The predicted octanol–water partition coefficient (Wildman–Crippen LogP) is 4.08. The zero-order valence-electron chi connectivity index (χ0n) is 12.2. The number of ether oxygens (including phenoxy) is 1. The fourth-order valence-electron chi connectivity index (χ4n) is 1.79. The summed E-state index contributed by atoms with van der Waals surface area (Å²) in [6, 6.07) is 8.79. The molecule has 0 saturated carbocycles. The smallest absolute Gasteiger partial charge is 0.255 e. The maximum Gasteiger partial charge on any atom is 0.255 e. The summed E-state index contributed by atoms with van der Waals surface area (Å²) in [6.07, 6.45) is 1.64. The first-order chi connectivity index (χ1) is 9.95. The molecule has 1 amide bonds. The van der Waals surface area contributed by atoms with E-state index < -0.39 is 0 Å². The van der Waals surface area contributed by atoms with Gasteiger partial charge in [0, 0.05) is 5.56 Å². The summed E-state index contributed by atoms with van der Waals surface area (Å²) >= 11 is 5.86. The van der Waals surface area contributed by atoms with E-state index >= 15 is 0 Å². The van der Waals surface area contributed by atoms with Crippen LogP contribution in [0, 0.1) is 6.92 Å². The maximum atomic E-state index is 12.1. The van der Waals surface area contributed by atoms with E-state index in [1.165, 1.54) is 6.20 Å². The van der Waals surface area contributed by atoms with Crippen molar-refractivity contribution >= 4 is 23.2 Å². The molecule has 5 heteroatoms. The second-order valence-electron chi connectivity index (χ2n) is 4.98. The van der Waals surface area contributed by atoms with Gasteiger partial charge in [-0.25, -0.2) is 4.98 Å². The third-order valence-corrected chi connectivity index (χ3v) is 3.16. The van der Waals surface area contributed by atoms with E-state index in [0.29, 0.717) is 16.4 Å². The average molecular weight is 305 g/mol. The normalized spacial score (nSPS) is 10.5. The van der Waals surface area contributed by atoms with Gasteiger partial charge in [-0.1, -0.05) is 11.6 Å². The Balaban J connectivity index is 2.07. The van der Waals surface area contributed by atoms with Crippen LogP contribution in [0.25, 0.3) is 0 Å². The number of aryl methyl sites for hydroxylation is 1. The number of aromatic nitrogens is 1. The predicted molar refractivity (Wildman–Crippen MR) is 84.1 cm³/mol. The molecule has 1 aromatic heterocycles. The van der Waals surface area contributed by atoms with Crippen LogP contribution in [0.2, 0.25) is 5.15 Å². The van der Waals surface area contributed by atoms with E-state index in [2.05, 4.69) is 10.3 Å². The van der Waals surface area contributed by atoms with Crippen LogP contribution in [0.15, 0.2) is 36.5 Å². The van der Waals surface area contributed by atoms with Crippen LogP contribution in [0.1, 0.15) is 29.8 Å². The lowest BCUT2D eigenvalue weighted by Gasteiger charge is -2.10. The molecule has 1 heterocycles. The van der Waals surface area contributed by atoms with Gasteiger partial charge in [-0.2, -0.15) is 0 Å². The minimum atomic E-state index is -0.199. The number of benzene rings is 1. The van der Waals surface area contributed by atoms with Gasteiger partial charge in [0.25, 0.3) is 5.91 Å².